The minimum atomic E-state index is -6.52. The van der Waals surface area contributed by atoms with Gasteiger partial charge in [0, 0.05) is 0 Å². The van der Waals surface area contributed by atoms with Gasteiger partial charge in [0.05, 0.1) is 0 Å². The normalized spacial score (nSPS) is 14.0. The molecule has 1 nitrogen and oxygen atoms in total. The first-order chi connectivity index (χ1) is 4.50. The Labute approximate surface area is 83.8 Å². The van der Waals surface area contributed by atoms with E-state index in [1.807, 2.05) is 0 Å². The van der Waals surface area contributed by atoms with Gasteiger partial charge in [0.15, 0.2) is 0 Å². The third kappa shape index (κ3) is 2.75. The fraction of sp³-hybridized carbons (Fsp3) is 1.00. The van der Waals surface area contributed by atoms with Crippen molar-refractivity contribution in [2.24, 2.45) is 0 Å². The molecule has 0 N–H and O–H groups in total. The van der Waals surface area contributed by atoms with E-state index in [-0.39, 0.29) is 29.6 Å². The second-order valence-electron chi connectivity index (χ2n) is 1.59. The van der Waals surface area contributed by atoms with Gasteiger partial charge in [0.2, 0.25) is 0 Å². The fourth-order valence-corrected chi connectivity index (χ4v) is 0.165. The quantitative estimate of drug-likeness (QED) is 0.366. The summed E-state index contributed by atoms with van der Waals surface area (Å²) in [6.07, 6.45) is -12.8. The van der Waals surface area contributed by atoms with Gasteiger partial charge >= 0.3 is 41.7 Å². The molecule has 0 saturated carbocycles. The van der Waals surface area contributed by atoms with E-state index in [4.69, 9.17) is 5.11 Å². The van der Waals surface area contributed by atoms with Crippen LogP contribution in [0.5, 0.6) is 0 Å². The Kier molecular flexibility index (Phi) is 4.60. The van der Waals surface area contributed by atoms with Gasteiger partial charge in [-0.2, -0.15) is 22.0 Å². The average Bonchev–Trinajstić information content (AvgIpc) is 1.58. The zero-order chi connectivity index (χ0) is 9.50. The Morgan fingerprint density at radius 2 is 1.00 bits per heavy atom. The predicted octanol–water partition coefficient (Wildman–Crippen LogP) is -1.86. The molecule has 0 aromatic heterocycles. The molecular weight excluding hydrogens is 208 g/mol. The summed E-state index contributed by atoms with van der Waals surface area (Å²) in [7, 11) is 0. The molecule has 68 valence electrons. The molecule has 0 spiro atoms. The van der Waals surface area contributed by atoms with Gasteiger partial charge in [-0.15, -0.1) is 0 Å². The second kappa shape index (κ2) is 3.69. The van der Waals surface area contributed by atoms with E-state index in [1.165, 1.54) is 0 Å². The van der Waals surface area contributed by atoms with Gasteiger partial charge in [0.25, 0.3) is 6.11 Å². The summed E-state index contributed by atoms with van der Waals surface area (Å²) in [5, 5.41) is 8.97. The maximum atomic E-state index is 11.2. The largest absolute Gasteiger partial charge is 1.00 e. The molecule has 9 heteroatoms. The Morgan fingerprint density at radius 3 is 1.00 bits per heavy atom. The summed E-state index contributed by atoms with van der Waals surface area (Å²) in [6, 6.07) is 0. The fourth-order valence-electron chi connectivity index (χ4n) is 0.165. The zero-order valence-corrected chi connectivity index (χ0v) is 7.55. The van der Waals surface area contributed by atoms with E-state index in [0.717, 1.165) is 0 Å². The number of halogens is 7. The van der Waals surface area contributed by atoms with Gasteiger partial charge in [0.1, 0.15) is 0 Å². The molecule has 0 radical (unpaired) electrons. The molecule has 0 saturated heterocycles. The standard InChI is InChI=1S/C3F7O.Na/c4-1(5,2(6,7)8)3(9,10)11;/q-1;+1. The number of alkyl halides is 7. The van der Waals surface area contributed by atoms with Crippen molar-refractivity contribution in [1.82, 2.24) is 0 Å². The van der Waals surface area contributed by atoms with Crippen molar-refractivity contribution >= 4 is 0 Å². The first-order valence-corrected chi connectivity index (χ1v) is 2.03. The molecular formula is C3F7NaO. The van der Waals surface area contributed by atoms with Crippen LogP contribution >= 0.6 is 0 Å². The van der Waals surface area contributed by atoms with Crippen molar-refractivity contribution < 1.29 is 65.4 Å². The molecule has 0 bridgehead atoms. The number of rotatable bonds is 1. The van der Waals surface area contributed by atoms with E-state index < -0.39 is 18.2 Å². The van der Waals surface area contributed by atoms with Crippen LogP contribution < -0.4 is 34.7 Å². The molecule has 0 rings (SSSR count). The maximum absolute atomic E-state index is 11.2. The molecule has 0 amide bonds. The maximum Gasteiger partial charge on any atom is 1.00 e. The summed E-state index contributed by atoms with van der Waals surface area (Å²) in [5.74, 6) is -6.51. The van der Waals surface area contributed by atoms with Gasteiger partial charge in [-0.05, 0) is 0 Å². The van der Waals surface area contributed by atoms with Gasteiger partial charge in [-0.1, -0.05) is 0 Å². The smallest absolute Gasteiger partial charge is 0.793 e. The van der Waals surface area contributed by atoms with Crippen molar-refractivity contribution in [3.05, 3.63) is 0 Å². The monoisotopic (exact) mass is 208 g/mol. The molecule has 0 unspecified atom stereocenters. The molecule has 0 heterocycles. The molecule has 0 aliphatic heterocycles. The molecule has 0 aliphatic rings. The van der Waals surface area contributed by atoms with Crippen LogP contribution in [-0.4, -0.2) is 18.2 Å². The number of hydrogen-bond acceptors (Lipinski definition) is 1. The first kappa shape index (κ1) is 15.0. The molecule has 0 aromatic rings. The van der Waals surface area contributed by atoms with Crippen LogP contribution in [0.1, 0.15) is 0 Å². The Balaban J connectivity index is 0. The summed E-state index contributed by atoms with van der Waals surface area (Å²) in [4.78, 5) is 0. The van der Waals surface area contributed by atoms with E-state index in [0.29, 0.717) is 0 Å². The number of hydrogen-bond donors (Lipinski definition) is 0. The minimum absolute atomic E-state index is 0. The minimum Gasteiger partial charge on any atom is -0.793 e. The Morgan fingerprint density at radius 1 is 0.750 bits per heavy atom. The first-order valence-electron chi connectivity index (χ1n) is 2.03. The Bertz CT molecular complexity index is 130. The van der Waals surface area contributed by atoms with Crippen molar-refractivity contribution in [2.45, 2.75) is 18.2 Å². The summed E-state index contributed by atoms with van der Waals surface area (Å²) in [6.45, 7) is 0. The molecule has 0 aromatic carbocycles. The van der Waals surface area contributed by atoms with Crippen LogP contribution in [0, 0.1) is 0 Å². The zero-order valence-electron chi connectivity index (χ0n) is 5.55. The molecule has 0 aliphatic carbocycles. The average molecular weight is 208 g/mol. The molecule has 12 heavy (non-hydrogen) atoms. The SMILES string of the molecule is [Na+].[O-]C(F)(F)C(F)(F)C(F)(F)F. The van der Waals surface area contributed by atoms with Gasteiger partial charge < -0.3 is 5.11 Å². The Hall–Kier alpha value is 0.470. The van der Waals surface area contributed by atoms with Crippen LogP contribution in [0.15, 0.2) is 0 Å². The van der Waals surface area contributed by atoms with E-state index in [2.05, 4.69) is 0 Å². The third-order valence-corrected chi connectivity index (χ3v) is 0.722. The van der Waals surface area contributed by atoms with Gasteiger partial charge in [-0.25, -0.2) is 8.78 Å². The summed E-state index contributed by atoms with van der Waals surface area (Å²) >= 11 is 0. The van der Waals surface area contributed by atoms with E-state index in [9.17, 15) is 30.7 Å². The second-order valence-corrected chi connectivity index (χ2v) is 1.59. The van der Waals surface area contributed by atoms with Crippen LogP contribution in [-0.2, 0) is 0 Å². The van der Waals surface area contributed by atoms with Gasteiger partial charge in [-0.3, -0.25) is 0 Å². The van der Waals surface area contributed by atoms with Crippen LogP contribution in [0.4, 0.5) is 30.7 Å². The van der Waals surface area contributed by atoms with Crippen molar-refractivity contribution in [3.63, 3.8) is 0 Å². The topological polar surface area (TPSA) is 23.1 Å². The third-order valence-electron chi connectivity index (χ3n) is 0.722. The van der Waals surface area contributed by atoms with E-state index in [1.54, 1.807) is 0 Å². The van der Waals surface area contributed by atoms with Crippen LogP contribution in [0.3, 0.4) is 0 Å². The van der Waals surface area contributed by atoms with Crippen LogP contribution in [0.2, 0.25) is 0 Å². The molecule has 0 atom stereocenters. The van der Waals surface area contributed by atoms with Crippen molar-refractivity contribution in [3.8, 4) is 0 Å². The molecule has 0 fully saturated rings. The van der Waals surface area contributed by atoms with Crippen molar-refractivity contribution in [1.29, 1.82) is 0 Å². The summed E-state index contributed by atoms with van der Waals surface area (Å²) in [5.41, 5.74) is 0. The van der Waals surface area contributed by atoms with E-state index >= 15 is 0 Å². The predicted molar refractivity (Wildman–Crippen MR) is 15.9 cm³/mol. The summed E-state index contributed by atoms with van der Waals surface area (Å²) < 4.78 is 77.1. The van der Waals surface area contributed by atoms with Crippen LogP contribution in [0.25, 0.3) is 0 Å². The van der Waals surface area contributed by atoms with Crippen molar-refractivity contribution in [2.75, 3.05) is 0 Å².